The third-order valence-corrected chi connectivity index (χ3v) is 3.19. The van der Waals surface area contributed by atoms with E-state index in [1.165, 1.54) is 6.07 Å². The van der Waals surface area contributed by atoms with Gasteiger partial charge in [-0.2, -0.15) is 0 Å². The first kappa shape index (κ1) is 20.6. The molecular formula is C12H8Cl7O3. The Hall–Kier alpha value is 0.520. The molecule has 3 nitrogen and oxygen atoms in total. The first-order chi connectivity index (χ1) is 9.87. The van der Waals surface area contributed by atoms with Crippen LogP contribution in [0.1, 0.15) is 11.1 Å². The van der Waals surface area contributed by atoms with E-state index in [1.807, 2.05) is 0 Å². The van der Waals surface area contributed by atoms with Crippen LogP contribution in [-0.2, 0) is 11.2 Å². The highest BCUT2D eigenvalue weighted by molar-refractivity contribution is 6.68. The first-order valence-electron chi connectivity index (χ1n) is 5.57. The molecule has 123 valence electrons. The predicted molar refractivity (Wildman–Crippen MR) is 91.3 cm³/mol. The monoisotopic (exact) mass is 445 g/mol. The Bertz CT molecular complexity index is 549. The lowest BCUT2D eigenvalue weighted by Crippen LogP contribution is -2.20. The molecule has 0 aromatic heterocycles. The van der Waals surface area contributed by atoms with E-state index in [-0.39, 0.29) is 22.8 Å². The molecule has 0 saturated heterocycles. The van der Waals surface area contributed by atoms with Gasteiger partial charge in [0.15, 0.2) is 3.79 Å². The van der Waals surface area contributed by atoms with E-state index in [4.69, 9.17) is 85.9 Å². The summed E-state index contributed by atoms with van der Waals surface area (Å²) in [6.07, 6.45) is -1.18. The standard InChI is InChI=1S/C12H8Cl7O3/c1-6-2-8(13)7(4-11(14,15)16)9(3-6)22-10(20)21-5-12(17,18)19/h3H,4-5H2,1H3. The zero-order valence-electron chi connectivity index (χ0n) is 10.9. The van der Waals surface area contributed by atoms with Crippen LogP contribution in [0.5, 0.6) is 5.75 Å². The van der Waals surface area contributed by atoms with Crippen molar-refractivity contribution in [2.45, 2.75) is 20.9 Å². The van der Waals surface area contributed by atoms with Gasteiger partial charge in [0.25, 0.3) is 0 Å². The van der Waals surface area contributed by atoms with Crippen LogP contribution in [0, 0.1) is 13.0 Å². The first-order valence-corrected chi connectivity index (χ1v) is 8.21. The van der Waals surface area contributed by atoms with Gasteiger partial charge < -0.3 is 9.47 Å². The van der Waals surface area contributed by atoms with Crippen LogP contribution in [0.25, 0.3) is 0 Å². The normalized spacial score (nSPS) is 12.2. The van der Waals surface area contributed by atoms with Gasteiger partial charge in [0.1, 0.15) is 12.4 Å². The molecule has 0 aliphatic rings. The molecule has 1 radical (unpaired) electrons. The third-order valence-electron chi connectivity index (χ3n) is 2.14. The molecule has 0 heterocycles. The molecule has 0 bridgehead atoms. The van der Waals surface area contributed by atoms with E-state index in [9.17, 15) is 4.79 Å². The molecule has 0 spiro atoms. The molecule has 0 fully saturated rings. The zero-order valence-corrected chi connectivity index (χ0v) is 16.2. The molecule has 22 heavy (non-hydrogen) atoms. The summed E-state index contributed by atoms with van der Waals surface area (Å²) in [6, 6.07) is 4.32. The maximum atomic E-state index is 11.6. The van der Waals surface area contributed by atoms with E-state index in [0.29, 0.717) is 5.56 Å². The van der Waals surface area contributed by atoms with Crippen molar-refractivity contribution in [3.05, 3.63) is 28.3 Å². The van der Waals surface area contributed by atoms with Crippen molar-refractivity contribution in [3.8, 4) is 5.75 Å². The van der Waals surface area contributed by atoms with Crippen LogP contribution in [0.2, 0.25) is 5.02 Å². The Labute approximate surface area is 162 Å². The van der Waals surface area contributed by atoms with Crippen LogP contribution in [0.15, 0.2) is 6.07 Å². The summed E-state index contributed by atoms with van der Waals surface area (Å²) in [6.45, 7) is 1.21. The number of carbonyl (C=O) groups excluding carboxylic acids is 1. The highest BCUT2D eigenvalue weighted by Gasteiger charge is 2.27. The number of benzene rings is 1. The molecule has 0 amide bonds. The fourth-order valence-corrected chi connectivity index (χ4v) is 2.27. The Morgan fingerprint density at radius 1 is 1.18 bits per heavy atom. The second-order valence-corrected chi connectivity index (χ2v) is 9.57. The van der Waals surface area contributed by atoms with Crippen LogP contribution in [0.4, 0.5) is 4.79 Å². The minimum atomic E-state index is -1.75. The summed E-state index contributed by atoms with van der Waals surface area (Å²) in [5.41, 5.74) is 0.903. The number of alkyl halides is 6. The van der Waals surface area contributed by atoms with Crippen LogP contribution in [0.3, 0.4) is 0 Å². The largest absolute Gasteiger partial charge is 0.514 e. The van der Waals surface area contributed by atoms with Crippen molar-refractivity contribution in [3.63, 3.8) is 0 Å². The lowest BCUT2D eigenvalue weighted by atomic mass is 10.1. The van der Waals surface area contributed by atoms with Crippen molar-refractivity contribution in [1.82, 2.24) is 0 Å². The van der Waals surface area contributed by atoms with Crippen molar-refractivity contribution < 1.29 is 14.3 Å². The Morgan fingerprint density at radius 3 is 2.27 bits per heavy atom. The van der Waals surface area contributed by atoms with Crippen LogP contribution >= 0.6 is 81.2 Å². The Kier molecular flexibility index (Phi) is 7.54. The average Bonchev–Trinajstić information content (AvgIpc) is 2.29. The summed E-state index contributed by atoms with van der Waals surface area (Å²) >= 11 is 39.7. The van der Waals surface area contributed by atoms with Gasteiger partial charge >= 0.3 is 6.16 Å². The van der Waals surface area contributed by atoms with Crippen molar-refractivity contribution in [2.24, 2.45) is 0 Å². The van der Waals surface area contributed by atoms with Gasteiger partial charge in [0, 0.05) is 18.1 Å². The number of carbonyl (C=O) groups is 1. The molecule has 1 rings (SSSR count). The fraction of sp³-hybridized carbons (Fsp3) is 0.417. The van der Waals surface area contributed by atoms with Gasteiger partial charge in [-0.25, -0.2) is 4.79 Å². The highest BCUT2D eigenvalue weighted by atomic mass is 35.6. The fourth-order valence-electron chi connectivity index (χ4n) is 1.39. The summed E-state index contributed by atoms with van der Waals surface area (Å²) < 4.78 is 6.31. The maximum absolute atomic E-state index is 11.6. The van der Waals surface area contributed by atoms with Crippen molar-refractivity contribution in [2.75, 3.05) is 6.61 Å². The second-order valence-electron chi connectivity index (χ2n) is 4.16. The van der Waals surface area contributed by atoms with E-state index in [1.54, 1.807) is 6.92 Å². The molecule has 0 saturated carbocycles. The topological polar surface area (TPSA) is 35.5 Å². The predicted octanol–water partition coefficient (Wildman–Crippen LogP) is 6.25. The van der Waals surface area contributed by atoms with Gasteiger partial charge in [-0.15, -0.1) is 0 Å². The maximum Gasteiger partial charge on any atom is 0.514 e. The third kappa shape index (κ3) is 7.87. The van der Waals surface area contributed by atoms with Gasteiger partial charge in [-0.05, 0) is 18.6 Å². The quantitative estimate of drug-likeness (QED) is 0.312. The Morgan fingerprint density at radius 2 is 1.77 bits per heavy atom. The van der Waals surface area contributed by atoms with Gasteiger partial charge in [-0.3, -0.25) is 0 Å². The zero-order chi connectivity index (χ0) is 17.1. The second kappa shape index (κ2) is 8.06. The van der Waals surface area contributed by atoms with Crippen LogP contribution < -0.4 is 4.74 Å². The van der Waals surface area contributed by atoms with E-state index in [0.717, 1.165) is 0 Å². The number of hydrogen-bond donors (Lipinski definition) is 0. The summed E-state index contributed by atoms with van der Waals surface area (Å²) in [5, 5.41) is 0.163. The molecule has 0 N–H and O–H groups in total. The molecule has 1 aromatic rings. The minimum Gasteiger partial charge on any atom is -0.429 e. The number of hydrogen-bond acceptors (Lipinski definition) is 3. The average molecular weight is 448 g/mol. The highest BCUT2D eigenvalue weighted by Crippen LogP contribution is 2.38. The number of halogens is 7. The van der Waals surface area contributed by atoms with Gasteiger partial charge in [0.05, 0.1) is 5.02 Å². The summed E-state index contributed by atoms with van der Waals surface area (Å²) in [7, 11) is 0. The van der Waals surface area contributed by atoms with Crippen molar-refractivity contribution >= 4 is 87.4 Å². The van der Waals surface area contributed by atoms with E-state index < -0.39 is 20.3 Å². The number of ether oxygens (including phenoxy) is 2. The smallest absolute Gasteiger partial charge is 0.429 e. The Balaban J connectivity index is 2.95. The van der Waals surface area contributed by atoms with E-state index >= 15 is 0 Å². The van der Waals surface area contributed by atoms with Gasteiger partial charge in [-0.1, -0.05) is 81.2 Å². The van der Waals surface area contributed by atoms with Gasteiger partial charge in [0.2, 0.25) is 3.79 Å². The molecular weight excluding hydrogens is 440 g/mol. The molecule has 0 aliphatic heterocycles. The number of rotatable bonds is 3. The lowest BCUT2D eigenvalue weighted by Gasteiger charge is -2.17. The van der Waals surface area contributed by atoms with E-state index in [2.05, 4.69) is 10.8 Å². The molecule has 0 aliphatic carbocycles. The minimum absolute atomic E-state index is 0.0712. The molecule has 0 unspecified atom stereocenters. The molecule has 1 aromatic carbocycles. The lowest BCUT2D eigenvalue weighted by molar-refractivity contribution is 0.100. The molecule has 10 heteroatoms. The number of aryl methyl sites for hydroxylation is 1. The SMILES string of the molecule is Cc1[c]c(Cl)c(CC(Cl)(Cl)Cl)c(OC(=O)OCC(Cl)(Cl)Cl)c1. The van der Waals surface area contributed by atoms with Crippen LogP contribution in [-0.4, -0.2) is 20.3 Å². The summed E-state index contributed by atoms with van der Waals surface area (Å²) in [5.74, 6) is 0.0712. The summed E-state index contributed by atoms with van der Waals surface area (Å²) in [4.78, 5) is 11.6. The van der Waals surface area contributed by atoms with Crippen molar-refractivity contribution in [1.29, 1.82) is 0 Å². The molecule has 0 atom stereocenters.